The summed E-state index contributed by atoms with van der Waals surface area (Å²) >= 11 is 0. The van der Waals surface area contributed by atoms with Gasteiger partial charge < -0.3 is 15.0 Å². The molecule has 0 fully saturated rings. The Labute approximate surface area is 126 Å². The van der Waals surface area contributed by atoms with Gasteiger partial charge >= 0.3 is 0 Å². The van der Waals surface area contributed by atoms with E-state index in [4.69, 9.17) is 4.74 Å². The Morgan fingerprint density at radius 3 is 2.43 bits per heavy atom. The number of benzene rings is 1. The first-order chi connectivity index (χ1) is 10.1. The van der Waals surface area contributed by atoms with E-state index in [1.165, 1.54) is 6.92 Å². The molecule has 5 heteroatoms. The number of carbonyl (C=O) groups excluding carboxylic acids is 2. The summed E-state index contributed by atoms with van der Waals surface area (Å²) in [5.41, 5.74) is 1.13. The summed E-state index contributed by atoms with van der Waals surface area (Å²) in [5, 5.41) is 2.84. The maximum atomic E-state index is 11.8. The van der Waals surface area contributed by atoms with Crippen LogP contribution in [0.5, 0.6) is 5.75 Å². The summed E-state index contributed by atoms with van der Waals surface area (Å²) in [7, 11) is 1.63. The topological polar surface area (TPSA) is 58.6 Å². The molecule has 0 atom stereocenters. The Morgan fingerprint density at radius 1 is 1.24 bits per heavy atom. The van der Waals surface area contributed by atoms with Crippen LogP contribution >= 0.6 is 0 Å². The number of nitrogens with zero attached hydrogens (tertiary/aromatic N) is 1. The molecule has 0 aliphatic carbocycles. The highest BCUT2D eigenvalue weighted by molar-refractivity contribution is 5.83. The second kappa shape index (κ2) is 9.00. The van der Waals surface area contributed by atoms with E-state index in [1.54, 1.807) is 12.0 Å². The fraction of sp³-hybridized carbons (Fsp3) is 0.500. The minimum Gasteiger partial charge on any atom is -0.497 e. The van der Waals surface area contributed by atoms with E-state index in [2.05, 4.69) is 5.32 Å². The maximum absolute atomic E-state index is 11.8. The van der Waals surface area contributed by atoms with Crippen LogP contribution in [-0.4, -0.2) is 43.5 Å². The lowest BCUT2D eigenvalue weighted by molar-refractivity contribution is -0.134. The summed E-state index contributed by atoms with van der Waals surface area (Å²) in [4.78, 5) is 24.7. The number of carbonyl (C=O) groups is 2. The summed E-state index contributed by atoms with van der Waals surface area (Å²) < 4.78 is 5.09. The van der Waals surface area contributed by atoms with Crippen LogP contribution in [0.3, 0.4) is 0 Å². The van der Waals surface area contributed by atoms with E-state index in [0.29, 0.717) is 13.1 Å². The molecule has 0 aliphatic rings. The van der Waals surface area contributed by atoms with Crippen LogP contribution in [0.1, 0.15) is 25.8 Å². The van der Waals surface area contributed by atoms with Crippen molar-refractivity contribution in [2.24, 2.45) is 0 Å². The van der Waals surface area contributed by atoms with Gasteiger partial charge in [-0.15, -0.1) is 0 Å². The standard InChI is InChI=1S/C16H24N2O3/c1-4-11-18(13(2)19)12-16(20)17-10-9-14-5-7-15(21-3)8-6-14/h5-8H,4,9-12H2,1-3H3,(H,17,20). The molecule has 0 unspecified atom stereocenters. The van der Waals surface area contributed by atoms with Gasteiger partial charge in [0.25, 0.3) is 0 Å². The number of rotatable bonds is 8. The minimum absolute atomic E-state index is 0.0674. The van der Waals surface area contributed by atoms with Crippen molar-refractivity contribution in [2.45, 2.75) is 26.7 Å². The van der Waals surface area contributed by atoms with Crippen molar-refractivity contribution in [3.63, 3.8) is 0 Å². The van der Waals surface area contributed by atoms with Crippen LogP contribution < -0.4 is 10.1 Å². The Kier molecular flexibility index (Phi) is 7.29. The largest absolute Gasteiger partial charge is 0.497 e. The number of ether oxygens (including phenoxy) is 1. The third-order valence-electron chi connectivity index (χ3n) is 3.17. The van der Waals surface area contributed by atoms with Crippen molar-refractivity contribution in [3.8, 4) is 5.75 Å². The molecule has 2 amide bonds. The zero-order valence-electron chi connectivity index (χ0n) is 13.0. The summed E-state index contributed by atoms with van der Waals surface area (Å²) in [6.45, 7) is 4.77. The van der Waals surface area contributed by atoms with Gasteiger partial charge in [0, 0.05) is 20.0 Å². The first-order valence-corrected chi connectivity index (χ1v) is 7.22. The van der Waals surface area contributed by atoms with E-state index in [0.717, 1.165) is 24.2 Å². The van der Waals surface area contributed by atoms with Crippen molar-refractivity contribution in [1.29, 1.82) is 0 Å². The molecule has 0 aromatic heterocycles. The van der Waals surface area contributed by atoms with Crippen LogP contribution in [0.2, 0.25) is 0 Å². The first-order valence-electron chi connectivity index (χ1n) is 7.22. The van der Waals surface area contributed by atoms with Crippen LogP contribution in [0.25, 0.3) is 0 Å². The molecule has 1 aromatic rings. The lowest BCUT2D eigenvalue weighted by Gasteiger charge is -2.19. The molecule has 1 aromatic carbocycles. The second-order valence-electron chi connectivity index (χ2n) is 4.89. The highest BCUT2D eigenvalue weighted by Gasteiger charge is 2.11. The zero-order valence-corrected chi connectivity index (χ0v) is 13.0. The van der Waals surface area contributed by atoms with E-state index < -0.39 is 0 Å². The number of nitrogens with one attached hydrogen (secondary N) is 1. The van der Waals surface area contributed by atoms with Gasteiger partial charge in [-0.2, -0.15) is 0 Å². The van der Waals surface area contributed by atoms with Gasteiger partial charge in [0.05, 0.1) is 13.7 Å². The van der Waals surface area contributed by atoms with Crippen molar-refractivity contribution in [1.82, 2.24) is 10.2 Å². The normalized spacial score (nSPS) is 10.0. The fourth-order valence-electron chi connectivity index (χ4n) is 1.99. The average Bonchev–Trinajstić information content (AvgIpc) is 2.47. The monoisotopic (exact) mass is 292 g/mol. The Balaban J connectivity index is 2.33. The molecule has 0 heterocycles. The van der Waals surface area contributed by atoms with Gasteiger partial charge in [0.2, 0.25) is 11.8 Å². The molecule has 116 valence electrons. The predicted octanol–water partition coefficient (Wildman–Crippen LogP) is 1.61. The van der Waals surface area contributed by atoms with E-state index in [9.17, 15) is 9.59 Å². The SMILES string of the molecule is CCCN(CC(=O)NCCc1ccc(OC)cc1)C(C)=O. The van der Waals surface area contributed by atoms with Crippen molar-refractivity contribution >= 4 is 11.8 Å². The molecule has 1 rings (SSSR count). The lowest BCUT2D eigenvalue weighted by atomic mass is 10.1. The lowest BCUT2D eigenvalue weighted by Crippen LogP contribution is -2.40. The van der Waals surface area contributed by atoms with Gasteiger partial charge in [-0.1, -0.05) is 19.1 Å². The molecule has 0 saturated carbocycles. The van der Waals surface area contributed by atoms with Crippen LogP contribution in [0, 0.1) is 0 Å². The Morgan fingerprint density at radius 2 is 1.90 bits per heavy atom. The van der Waals surface area contributed by atoms with E-state index in [-0.39, 0.29) is 18.4 Å². The predicted molar refractivity (Wildman–Crippen MR) is 82.3 cm³/mol. The fourth-order valence-corrected chi connectivity index (χ4v) is 1.99. The molecule has 0 aliphatic heterocycles. The number of hydrogen-bond acceptors (Lipinski definition) is 3. The first kappa shape index (κ1) is 17.0. The Hall–Kier alpha value is -2.04. The highest BCUT2D eigenvalue weighted by Crippen LogP contribution is 2.11. The molecular weight excluding hydrogens is 268 g/mol. The van der Waals surface area contributed by atoms with Crippen molar-refractivity contribution < 1.29 is 14.3 Å². The molecule has 0 bridgehead atoms. The summed E-state index contributed by atoms with van der Waals surface area (Å²) in [6.07, 6.45) is 1.60. The Bertz CT molecular complexity index is 457. The summed E-state index contributed by atoms with van der Waals surface area (Å²) in [5.74, 6) is 0.633. The van der Waals surface area contributed by atoms with Crippen LogP contribution in [0.15, 0.2) is 24.3 Å². The number of hydrogen-bond donors (Lipinski definition) is 1. The smallest absolute Gasteiger partial charge is 0.239 e. The molecule has 0 spiro atoms. The van der Waals surface area contributed by atoms with Crippen molar-refractivity contribution in [2.75, 3.05) is 26.7 Å². The van der Waals surface area contributed by atoms with Gasteiger partial charge in [0.1, 0.15) is 5.75 Å². The highest BCUT2D eigenvalue weighted by atomic mass is 16.5. The van der Waals surface area contributed by atoms with Gasteiger partial charge in [-0.25, -0.2) is 0 Å². The van der Waals surface area contributed by atoms with Crippen LogP contribution in [0.4, 0.5) is 0 Å². The van der Waals surface area contributed by atoms with E-state index >= 15 is 0 Å². The molecule has 1 N–H and O–H groups in total. The van der Waals surface area contributed by atoms with Gasteiger partial charge in [-0.05, 0) is 30.5 Å². The van der Waals surface area contributed by atoms with Gasteiger partial charge in [0.15, 0.2) is 0 Å². The van der Waals surface area contributed by atoms with E-state index in [1.807, 2.05) is 31.2 Å². The molecule has 5 nitrogen and oxygen atoms in total. The number of amides is 2. The minimum atomic E-state index is -0.118. The zero-order chi connectivity index (χ0) is 15.7. The average molecular weight is 292 g/mol. The third kappa shape index (κ3) is 6.29. The quantitative estimate of drug-likeness (QED) is 0.792. The molecule has 0 saturated heterocycles. The number of methoxy groups -OCH3 is 1. The van der Waals surface area contributed by atoms with Gasteiger partial charge in [-0.3, -0.25) is 9.59 Å². The third-order valence-corrected chi connectivity index (χ3v) is 3.17. The molecule has 0 radical (unpaired) electrons. The summed E-state index contributed by atoms with van der Waals surface area (Å²) in [6, 6.07) is 7.75. The second-order valence-corrected chi connectivity index (χ2v) is 4.89. The molecular formula is C16H24N2O3. The molecule has 21 heavy (non-hydrogen) atoms. The van der Waals surface area contributed by atoms with Crippen LogP contribution in [-0.2, 0) is 16.0 Å². The van der Waals surface area contributed by atoms with Crippen molar-refractivity contribution in [3.05, 3.63) is 29.8 Å². The maximum Gasteiger partial charge on any atom is 0.239 e.